The van der Waals surface area contributed by atoms with E-state index in [0.717, 1.165) is 6.54 Å². The van der Waals surface area contributed by atoms with Crippen LogP contribution in [0, 0.1) is 5.92 Å². The molecule has 2 aromatic rings. The number of hydrogen-bond acceptors (Lipinski definition) is 7. The van der Waals surface area contributed by atoms with Gasteiger partial charge < -0.3 is 29.1 Å². The standard InChI is InChI=1S/C28H36N2O6/c1-18(2)17-36-20-10-8-19(9-11-20)26(31)24-25(22-16-21(34-5)12-13-23(22)35-6)30(28(33)27(24)32)15-7-14-29(3)4/h8-13,16,18,25,31H,7,14-15,17H2,1-6H3/b26-24+/t25-/m1/s1. The Labute approximate surface area is 213 Å². The van der Waals surface area contributed by atoms with Crippen LogP contribution >= 0.6 is 0 Å². The average molecular weight is 497 g/mol. The maximum atomic E-state index is 13.3. The van der Waals surface area contributed by atoms with E-state index in [2.05, 4.69) is 13.8 Å². The van der Waals surface area contributed by atoms with Gasteiger partial charge in [-0.1, -0.05) is 13.8 Å². The molecule has 0 spiro atoms. The number of amides is 1. The van der Waals surface area contributed by atoms with E-state index in [1.54, 1.807) is 49.6 Å². The van der Waals surface area contributed by atoms with Gasteiger partial charge in [0.25, 0.3) is 11.7 Å². The van der Waals surface area contributed by atoms with Gasteiger partial charge in [0.1, 0.15) is 23.0 Å². The number of benzene rings is 2. The highest BCUT2D eigenvalue weighted by Crippen LogP contribution is 2.44. The molecule has 1 N–H and O–H groups in total. The lowest BCUT2D eigenvalue weighted by atomic mass is 9.94. The van der Waals surface area contributed by atoms with Gasteiger partial charge in [-0.15, -0.1) is 0 Å². The van der Waals surface area contributed by atoms with E-state index in [-0.39, 0.29) is 11.3 Å². The van der Waals surface area contributed by atoms with Gasteiger partial charge in [-0.25, -0.2) is 0 Å². The summed E-state index contributed by atoms with van der Waals surface area (Å²) in [5.74, 6) is 0.456. The van der Waals surface area contributed by atoms with Crippen LogP contribution in [-0.2, 0) is 9.59 Å². The van der Waals surface area contributed by atoms with Crippen molar-refractivity contribution in [2.75, 3.05) is 48.0 Å². The molecule has 2 aromatic carbocycles. The fourth-order valence-corrected chi connectivity index (χ4v) is 4.17. The Morgan fingerprint density at radius 1 is 1.03 bits per heavy atom. The average Bonchev–Trinajstić information content (AvgIpc) is 3.11. The fourth-order valence-electron chi connectivity index (χ4n) is 4.17. The third kappa shape index (κ3) is 5.99. The third-order valence-corrected chi connectivity index (χ3v) is 5.99. The van der Waals surface area contributed by atoms with Crippen molar-refractivity contribution < 1.29 is 28.9 Å². The monoisotopic (exact) mass is 496 g/mol. The highest BCUT2D eigenvalue weighted by atomic mass is 16.5. The Morgan fingerprint density at radius 2 is 1.69 bits per heavy atom. The molecule has 3 rings (SSSR count). The van der Waals surface area contributed by atoms with Crippen molar-refractivity contribution in [1.82, 2.24) is 9.80 Å². The maximum Gasteiger partial charge on any atom is 0.295 e. The molecule has 1 aliphatic heterocycles. The highest BCUT2D eigenvalue weighted by Gasteiger charge is 2.47. The zero-order valence-electron chi connectivity index (χ0n) is 21.9. The first-order valence-electron chi connectivity index (χ1n) is 12.1. The number of Topliss-reactive ketones (excluding diaryl/α,β-unsaturated/α-hetero) is 1. The smallest absolute Gasteiger partial charge is 0.295 e. The molecule has 1 fully saturated rings. The van der Waals surface area contributed by atoms with Gasteiger partial charge in [-0.2, -0.15) is 0 Å². The Hall–Kier alpha value is -3.52. The van der Waals surface area contributed by atoms with Crippen molar-refractivity contribution in [2.24, 2.45) is 5.92 Å². The van der Waals surface area contributed by atoms with Crippen molar-refractivity contribution in [3.8, 4) is 17.2 Å². The van der Waals surface area contributed by atoms with Crippen molar-refractivity contribution in [3.63, 3.8) is 0 Å². The second-order valence-corrected chi connectivity index (χ2v) is 9.49. The normalized spacial score (nSPS) is 17.2. The number of ether oxygens (including phenoxy) is 3. The maximum absolute atomic E-state index is 13.3. The summed E-state index contributed by atoms with van der Waals surface area (Å²) >= 11 is 0. The van der Waals surface area contributed by atoms with E-state index in [4.69, 9.17) is 14.2 Å². The molecule has 0 aromatic heterocycles. The summed E-state index contributed by atoms with van der Waals surface area (Å²) in [7, 11) is 6.97. The molecule has 8 heteroatoms. The predicted molar refractivity (Wildman–Crippen MR) is 139 cm³/mol. The van der Waals surface area contributed by atoms with Gasteiger partial charge in [0, 0.05) is 17.7 Å². The van der Waals surface area contributed by atoms with Gasteiger partial charge >= 0.3 is 0 Å². The van der Waals surface area contributed by atoms with Crippen LogP contribution in [0.15, 0.2) is 48.0 Å². The molecule has 8 nitrogen and oxygen atoms in total. The molecular weight excluding hydrogens is 460 g/mol. The molecular formula is C28H36N2O6. The van der Waals surface area contributed by atoms with Gasteiger partial charge in [0.05, 0.1) is 32.4 Å². The number of carbonyl (C=O) groups excluding carboxylic acids is 2. The first kappa shape index (κ1) is 27.1. The van der Waals surface area contributed by atoms with E-state index in [9.17, 15) is 14.7 Å². The fraction of sp³-hybridized carbons (Fsp3) is 0.429. The second kappa shape index (κ2) is 11.9. The van der Waals surface area contributed by atoms with E-state index in [1.807, 2.05) is 19.0 Å². The van der Waals surface area contributed by atoms with E-state index in [1.165, 1.54) is 12.0 Å². The molecule has 0 radical (unpaired) electrons. The van der Waals surface area contributed by atoms with E-state index < -0.39 is 17.7 Å². The quantitative estimate of drug-likeness (QED) is 0.285. The van der Waals surface area contributed by atoms with Gasteiger partial charge in [0.2, 0.25) is 0 Å². The SMILES string of the molecule is COc1ccc(OC)c([C@@H]2/C(=C(\O)c3ccc(OCC(C)C)cc3)C(=O)C(=O)N2CCCN(C)C)c1. The lowest BCUT2D eigenvalue weighted by Crippen LogP contribution is -2.32. The summed E-state index contributed by atoms with van der Waals surface area (Å²) in [5.41, 5.74) is 1.01. The van der Waals surface area contributed by atoms with Gasteiger partial charge in [-0.3, -0.25) is 9.59 Å². The van der Waals surface area contributed by atoms with Gasteiger partial charge in [0.15, 0.2) is 0 Å². The zero-order chi connectivity index (χ0) is 26.4. The lowest BCUT2D eigenvalue weighted by molar-refractivity contribution is -0.140. The van der Waals surface area contributed by atoms with Crippen LogP contribution in [0.25, 0.3) is 5.76 Å². The van der Waals surface area contributed by atoms with Crippen molar-refractivity contribution in [3.05, 3.63) is 59.2 Å². The summed E-state index contributed by atoms with van der Waals surface area (Å²) < 4.78 is 16.7. The van der Waals surface area contributed by atoms with Crippen LogP contribution in [0.1, 0.15) is 37.4 Å². The topological polar surface area (TPSA) is 88.5 Å². The molecule has 0 bridgehead atoms. The largest absolute Gasteiger partial charge is 0.507 e. The molecule has 1 saturated heterocycles. The molecule has 1 aliphatic rings. The Kier molecular flexibility index (Phi) is 8.98. The minimum Gasteiger partial charge on any atom is -0.507 e. The van der Waals surface area contributed by atoms with Crippen LogP contribution < -0.4 is 14.2 Å². The molecule has 1 atom stereocenters. The van der Waals surface area contributed by atoms with Crippen molar-refractivity contribution >= 4 is 17.4 Å². The summed E-state index contributed by atoms with van der Waals surface area (Å²) in [6.07, 6.45) is 0.657. The minimum atomic E-state index is -0.825. The molecule has 0 unspecified atom stereocenters. The summed E-state index contributed by atoms with van der Waals surface area (Å²) in [6, 6.07) is 11.2. The number of nitrogens with zero attached hydrogens (tertiary/aromatic N) is 2. The minimum absolute atomic E-state index is 0.0206. The van der Waals surface area contributed by atoms with Crippen LogP contribution in [0.5, 0.6) is 17.2 Å². The van der Waals surface area contributed by atoms with E-state index in [0.29, 0.717) is 53.9 Å². The number of rotatable bonds is 11. The second-order valence-electron chi connectivity index (χ2n) is 9.49. The number of methoxy groups -OCH3 is 2. The van der Waals surface area contributed by atoms with Crippen LogP contribution in [-0.4, -0.2) is 74.6 Å². The number of aliphatic hydroxyl groups excluding tert-OH is 1. The summed E-state index contributed by atoms with van der Waals surface area (Å²) in [6.45, 7) is 5.77. The summed E-state index contributed by atoms with van der Waals surface area (Å²) in [4.78, 5) is 30.0. The number of carbonyl (C=O) groups is 2. The molecule has 1 heterocycles. The Balaban J connectivity index is 2.10. The Morgan fingerprint density at radius 3 is 2.28 bits per heavy atom. The molecule has 0 saturated carbocycles. The number of aliphatic hydroxyl groups is 1. The van der Waals surface area contributed by atoms with Gasteiger partial charge in [-0.05, 0) is 75.4 Å². The van der Waals surface area contributed by atoms with Crippen LogP contribution in [0.2, 0.25) is 0 Å². The molecule has 1 amide bonds. The lowest BCUT2D eigenvalue weighted by Gasteiger charge is -2.27. The third-order valence-electron chi connectivity index (χ3n) is 5.99. The van der Waals surface area contributed by atoms with Crippen molar-refractivity contribution in [1.29, 1.82) is 0 Å². The molecule has 0 aliphatic carbocycles. The summed E-state index contributed by atoms with van der Waals surface area (Å²) in [5, 5.41) is 11.3. The molecule has 194 valence electrons. The van der Waals surface area contributed by atoms with E-state index >= 15 is 0 Å². The highest BCUT2D eigenvalue weighted by molar-refractivity contribution is 6.46. The Bertz CT molecular complexity index is 1110. The first-order chi connectivity index (χ1) is 17.2. The number of hydrogen-bond donors (Lipinski definition) is 1. The van der Waals surface area contributed by atoms with Crippen LogP contribution in [0.3, 0.4) is 0 Å². The zero-order valence-corrected chi connectivity index (χ0v) is 21.9. The predicted octanol–water partition coefficient (Wildman–Crippen LogP) is 4.11. The van der Waals surface area contributed by atoms with Crippen molar-refractivity contribution in [2.45, 2.75) is 26.3 Å². The molecule has 36 heavy (non-hydrogen) atoms. The van der Waals surface area contributed by atoms with Crippen LogP contribution in [0.4, 0.5) is 0 Å². The number of ketones is 1. The number of likely N-dealkylation sites (tertiary alicyclic amines) is 1. The first-order valence-corrected chi connectivity index (χ1v) is 12.1.